The number of anilines is 4. The minimum absolute atomic E-state index is 0.0305. The van der Waals surface area contributed by atoms with Gasteiger partial charge in [0.25, 0.3) is 0 Å². The van der Waals surface area contributed by atoms with E-state index in [2.05, 4.69) is 49.0 Å². The molecule has 2 aliphatic heterocycles. The van der Waals surface area contributed by atoms with Gasteiger partial charge < -0.3 is 34.8 Å². The summed E-state index contributed by atoms with van der Waals surface area (Å²) in [6.07, 6.45) is 6.29. The first-order chi connectivity index (χ1) is 21.9. The number of methoxy groups -OCH3 is 1. The van der Waals surface area contributed by atoms with Crippen LogP contribution in [0.5, 0.6) is 17.2 Å². The zero-order valence-corrected chi connectivity index (χ0v) is 26.3. The third-order valence-electron chi connectivity index (χ3n) is 8.26. The van der Waals surface area contributed by atoms with Crippen LogP contribution in [0.3, 0.4) is 0 Å². The monoisotopic (exact) mass is 628 g/mol. The molecular weight excluding hydrogens is 592 g/mol. The van der Waals surface area contributed by atoms with Crippen LogP contribution in [0.1, 0.15) is 12.8 Å². The van der Waals surface area contributed by atoms with Crippen molar-refractivity contribution in [2.24, 2.45) is 0 Å². The van der Waals surface area contributed by atoms with Gasteiger partial charge in [0.1, 0.15) is 35.2 Å². The first-order valence-electron chi connectivity index (χ1n) is 15.0. The van der Waals surface area contributed by atoms with Crippen molar-refractivity contribution in [1.82, 2.24) is 24.8 Å². The molecule has 234 valence electrons. The number of piperazine rings is 1. The number of halogens is 1. The number of hydrogen-bond donors (Lipinski definition) is 2. The highest BCUT2D eigenvalue weighted by Crippen LogP contribution is 2.37. The summed E-state index contributed by atoms with van der Waals surface area (Å²) in [5, 5.41) is 8.29. The molecule has 1 amide bonds. The fraction of sp³-hybridized carbons (Fsp3) is 0.333. The van der Waals surface area contributed by atoms with E-state index in [0.29, 0.717) is 41.2 Å². The number of amides is 1. The Hall–Kier alpha value is -4.61. The number of likely N-dealkylation sites (tertiary alicyclic amines) is 1. The molecule has 0 spiro atoms. The molecule has 0 unspecified atom stereocenters. The van der Waals surface area contributed by atoms with Crippen LogP contribution in [-0.2, 0) is 4.79 Å². The van der Waals surface area contributed by atoms with Crippen LogP contribution < -0.4 is 25.0 Å². The molecule has 0 bridgehead atoms. The molecule has 2 N–H and O–H groups in total. The number of pyridine rings is 1. The molecule has 12 heteroatoms. The number of fused-ring (bicyclic) bond motifs is 1. The molecule has 0 atom stereocenters. The Kier molecular flexibility index (Phi) is 9.18. The number of rotatable bonds is 9. The maximum Gasteiger partial charge on any atom is 0.245 e. The number of hydrogen-bond acceptors (Lipinski definition) is 10. The summed E-state index contributed by atoms with van der Waals surface area (Å²) in [6, 6.07) is 13.4. The lowest BCUT2D eigenvalue weighted by Gasteiger charge is -2.33. The van der Waals surface area contributed by atoms with Gasteiger partial charge in [-0.3, -0.25) is 4.79 Å². The van der Waals surface area contributed by atoms with E-state index in [0.717, 1.165) is 67.1 Å². The third kappa shape index (κ3) is 7.05. The lowest BCUT2D eigenvalue weighted by atomic mass is 10.0. The van der Waals surface area contributed by atoms with E-state index in [1.54, 1.807) is 13.3 Å². The van der Waals surface area contributed by atoms with E-state index < -0.39 is 0 Å². The Morgan fingerprint density at radius 3 is 2.53 bits per heavy atom. The van der Waals surface area contributed by atoms with Crippen molar-refractivity contribution in [2.45, 2.75) is 18.9 Å². The van der Waals surface area contributed by atoms with Crippen molar-refractivity contribution in [1.29, 1.82) is 0 Å². The van der Waals surface area contributed by atoms with Crippen LogP contribution in [0.15, 0.2) is 67.6 Å². The lowest BCUT2D eigenvalue weighted by Crippen LogP contribution is -2.44. The minimum atomic E-state index is -0.0305. The molecule has 11 nitrogen and oxygen atoms in total. The number of ether oxygens (including phenoxy) is 2. The number of likely N-dealkylation sites (N-methyl/N-ethyl adjacent to an activating group) is 1. The number of aromatic nitrogens is 3. The maximum absolute atomic E-state index is 12.0. The highest BCUT2D eigenvalue weighted by atomic mass is 35.5. The van der Waals surface area contributed by atoms with Gasteiger partial charge in [-0.15, -0.1) is 0 Å². The third-order valence-corrected chi connectivity index (χ3v) is 8.56. The molecule has 4 heterocycles. The van der Waals surface area contributed by atoms with Crippen LogP contribution in [0.25, 0.3) is 10.9 Å². The highest BCUT2D eigenvalue weighted by molar-refractivity contribution is 6.32. The number of carbonyl (C=O) groups is 1. The summed E-state index contributed by atoms with van der Waals surface area (Å²) in [6.45, 7) is 8.79. The van der Waals surface area contributed by atoms with Crippen molar-refractivity contribution in [3.63, 3.8) is 0 Å². The number of carbonyl (C=O) groups excluding carboxylic acids is 1. The van der Waals surface area contributed by atoms with Crippen LogP contribution >= 0.6 is 11.6 Å². The predicted molar refractivity (Wildman–Crippen MR) is 178 cm³/mol. The molecule has 2 saturated heterocycles. The molecule has 6 rings (SSSR count). The molecular formula is C33H37ClN8O3. The first kappa shape index (κ1) is 30.4. The van der Waals surface area contributed by atoms with Crippen molar-refractivity contribution in [3.8, 4) is 17.2 Å². The second-order valence-electron chi connectivity index (χ2n) is 11.3. The Balaban J connectivity index is 1.17. The zero-order chi connectivity index (χ0) is 31.3. The lowest BCUT2D eigenvalue weighted by molar-refractivity contribution is -0.126. The predicted octanol–water partition coefficient (Wildman–Crippen LogP) is 5.56. The Morgan fingerprint density at radius 2 is 1.80 bits per heavy atom. The summed E-state index contributed by atoms with van der Waals surface area (Å²) in [7, 11) is 3.77. The van der Waals surface area contributed by atoms with Gasteiger partial charge >= 0.3 is 0 Å². The summed E-state index contributed by atoms with van der Waals surface area (Å²) >= 11 is 6.69. The van der Waals surface area contributed by atoms with Gasteiger partial charge in [0, 0.05) is 74.7 Å². The number of piperidine rings is 1. The molecule has 0 radical (unpaired) electrons. The molecule has 2 fully saturated rings. The molecule has 4 aromatic rings. The van der Waals surface area contributed by atoms with Crippen molar-refractivity contribution in [2.75, 3.05) is 69.0 Å². The minimum Gasteiger partial charge on any atom is -0.495 e. The first-order valence-corrected chi connectivity index (χ1v) is 15.4. The molecule has 0 saturated carbocycles. The van der Waals surface area contributed by atoms with E-state index in [9.17, 15) is 4.79 Å². The Bertz CT molecular complexity index is 1690. The highest BCUT2D eigenvalue weighted by Gasteiger charge is 2.23. The average molecular weight is 629 g/mol. The molecule has 45 heavy (non-hydrogen) atoms. The van der Waals surface area contributed by atoms with Gasteiger partial charge in [0.05, 0.1) is 23.3 Å². The SMILES string of the molecule is C=CC(=O)N1CCC(Nc2cc3c(Nc4ccc(Oc5ccnc(N6CCN(C)CC6)c5)c(Cl)c4)ncnc3cc2OC)CC1. The summed E-state index contributed by atoms with van der Waals surface area (Å²) in [4.78, 5) is 31.9. The van der Waals surface area contributed by atoms with E-state index in [4.69, 9.17) is 21.1 Å². The molecule has 0 aliphatic carbocycles. The summed E-state index contributed by atoms with van der Waals surface area (Å²) < 4.78 is 11.9. The van der Waals surface area contributed by atoms with Crippen molar-refractivity contribution < 1.29 is 14.3 Å². The van der Waals surface area contributed by atoms with Gasteiger partial charge in [0.15, 0.2) is 0 Å². The average Bonchev–Trinajstić information content (AvgIpc) is 3.06. The standard InChI is InChI=1S/C33H37ClN8O3/c1-4-32(43)42-11-8-22(9-12-42)38-28-19-25-27(20-30(28)44-3)36-21-37-33(25)39-23-5-6-29(26(34)17-23)45-24-7-10-35-31(18-24)41-15-13-40(2)14-16-41/h4-7,10,17-22,38H,1,8-9,11-16H2,2-3H3,(H,36,37,39). The number of benzene rings is 2. The number of nitrogens with one attached hydrogen (secondary N) is 2. The van der Waals surface area contributed by atoms with E-state index >= 15 is 0 Å². The second-order valence-corrected chi connectivity index (χ2v) is 11.7. The quantitative estimate of drug-likeness (QED) is 0.229. The summed E-state index contributed by atoms with van der Waals surface area (Å²) in [5.41, 5.74) is 2.33. The van der Waals surface area contributed by atoms with Gasteiger partial charge in [-0.05, 0) is 56.3 Å². The Labute approximate surface area is 267 Å². The van der Waals surface area contributed by atoms with Crippen LogP contribution in [0.4, 0.5) is 23.0 Å². The molecule has 2 aliphatic rings. The molecule has 2 aromatic heterocycles. The van der Waals surface area contributed by atoms with Crippen LogP contribution in [-0.4, -0.2) is 90.1 Å². The normalized spacial score (nSPS) is 16.0. The van der Waals surface area contributed by atoms with Crippen molar-refractivity contribution >= 4 is 51.4 Å². The van der Waals surface area contributed by atoms with E-state index in [-0.39, 0.29) is 11.9 Å². The summed E-state index contributed by atoms with van der Waals surface area (Å²) in [5.74, 6) is 3.40. The topological polar surface area (TPSA) is 108 Å². The Morgan fingerprint density at radius 1 is 1.00 bits per heavy atom. The molecule has 2 aromatic carbocycles. The smallest absolute Gasteiger partial charge is 0.245 e. The van der Waals surface area contributed by atoms with Gasteiger partial charge in [-0.2, -0.15) is 0 Å². The fourth-order valence-electron chi connectivity index (χ4n) is 5.66. The second kappa shape index (κ2) is 13.6. The van der Waals surface area contributed by atoms with Gasteiger partial charge in [-0.1, -0.05) is 18.2 Å². The van der Waals surface area contributed by atoms with E-state index in [1.165, 1.54) is 12.4 Å². The largest absolute Gasteiger partial charge is 0.495 e. The van der Waals surface area contributed by atoms with Crippen LogP contribution in [0, 0.1) is 0 Å². The maximum atomic E-state index is 12.0. The van der Waals surface area contributed by atoms with Crippen LogP contribution in [0.2, 0.25) is 5.02 Å². The van der Waals surface area contributed by atoms with E-state index in [1.807, 2.05) is 47.4 Å². The van der Waals surface area contributed by atoms with Gasteiger partial charge in [0.2, 0.25) is 5.91 Å². The van der Waals surface area contributed by atoms with Crippen molar-refractivity contribution in [3.05, 3.63) is 72.7 Å². The zero-order valence-electron chi connectivity index (χ0n) is 25.5. The fourth-order valence-corrected chi connectivity index (χ4v) is 5.87. The van der Waals surface area contributed by atoms with Gasteiger partial charge in [-0.25, -0.2) is 15.0 Å². The number of nitrogens with zero attached hydrogens (tertiary/aromatic N) is 6.